The molecule has 1 aromatic heterocycles. The summed E-state index contributed by atoms with van der Waals surface area (Å²) in [6.07, 6.45) is 3.40. The molecule has 5 nitrogen and oxygen atoms in total. The second kappa shape index (κ2) is 6.87. The number of likely N-dealkylation sites (tertiary alicyclic amines) is 1. The average molecular weight is 332 g/mol. The fourth-order valence-corrected chi connectivity index (χ4v) is 2.80. The Bertz CT molecular complexity index is 673. The molecule has 3 rings (SSSR count). The van der Waals surface area contributed by atoms with E-state index in [1.807, 2.05) is 17.0 Å². The molecule has 120 valence electrons. The molecular weight excluding hydrogens is 314 g/mol. The van der Waals surface area contributed by atoms with Crippen molar-refractivity contribution in [2.75, 3.05) is 18.9 Å². The number of nitrogens with two attached hydrogens (primary N) is 1. The second-order valence-corrected chi connectivity index (χ2v) is 5.97. The topological polar surface area (TPSA) is 68.5 Å². The van der Waals surface area contributed by atoms with Crippen molar-refractivity contribution >= 4 is 23.2 Å². The van der Waals surface area contributed by atoms with Crippen LogP contribution in [0, 0.1) is 0 Å². The summed E-state index contributed by atoms with van der Waals surface area (Å²) in [7, 11) is 0. The van der Waals surface area contributed by atoms with Crippen LogP contribution >= 0.6 is 11.6 Å². The number of amides is 1. The summed E-state index contributed by atoms with van der Waals surface area (Å²) in [5, 5.41) is 0.671. The van der Waals surface area contributed by atoms with Crippen molar-refractivity contribution in [3.05, 3.63) is 53.3 Å². The molecule has 0 spiro atoms. The van der Waals surface area contributed by atoms with Crippen molar-refractivity contribution in [1.29, 1.82) is 0 Å². The lowest BCUT2D eigenvalue weighted by atomic mass is 10.2. The molecule has 1 aliphatic heterocycles. The van der Waals surface area contributed by atoms with Gasteiger partial charge in [0.2, 0.25) is 0 Å². The maximum Gasteiger partial charge on any atom is 0.272 e. The number of carbonyl (C=O) groups is 1. The van der Waals surface area contributed by atoms with Crippen LogP contribution < -0.4 is 10.5 Å². The van der Waals surface area contributed by atoms with Gasteiger partial charge in [0.25, 0.3) is 5.91 Å². The summed E-state index contributed by atoms with van der Waals surface area (Å²) in [5.41, 5.74) is 6.57. The van der Waals surface area contributed by atoms with E-state index < -0.39 is 0 Å². The van der Waals surface area contributed by atoms with Crippen LogP contribution in [0.2, 0.25) is 5.02 Å². The molecule has 2 heterocycles. The van der Waals surface area contributed by atoms with E-state index in [0.29, 0.717) is 23.0 Å². The Labute approximate surface area is 140 Å². The number of anilines is 1. The van der Waals surface area contributed by atoms with Crippen LogP contribution in [0.25, 0.3) is 0 Å². The first-order valence-electron chi connectivity index (χ1n) is 7.54. The van der Waals surface area contributed by atoms with E-state index in [9.17, 15) is 4.79 Å². The summed E-state index contributed by atoms with van der Waals surface area (Å²) in [4.78, 5) is 18.5. The lowest BCUT2D eigenvalue weighted by Gasteiger charge is -2.24. The lowest BCUT2D eigenvalue weighted by Crippen LogP contribution is -2.39. The van der Waals surface area contributed by atoms with E-state index in [1.165, 1.54) is 6.20 Å². The minimum atomic E-state index is -0.0767. The SMILES string of the molecule is Nc1ccc(C(=O)N2CCC[C@H]2COc2ccc(Cl)cc2)nc1. The molecule has 2 N–H and O–H groups in total. The largest absolute Gasteiger partial charge is 0.491 e. The van der Waals surface area contributed by atoms with Crippen LogP contribution in [0.3, 0.4) is 0 Å². The fourth-order valence-electron chi connectivity index (χ4n) is 2.68. The van der Waals surface area contributed by atoms with Gasteiger partial charge in [0.1, 0.15) is 18.1 Å². The summed E-state index contributed by atoms with van der Waals surface area (Å²) < 4.78 is 5.79. The van der Waals surface area contributed by atoms with Gasteiger partial charge in [-0.3, -0.25) is 4.79 Å². The second-order valence-electron chi connectivity index (χ2n) is 5.54. The van der Waals surface area contributed by atoms with Gasteiger partial charge >= 0.3 is 0 Å². The van der Waals surface area contributed by atoms with Crippen LogP contribution in [0.5, 0.6) is 5.75 Å². The fraction of sp³-hybridized carbons (Fsp3) is 0.294. The van der Waals surface area contributed by atoms with Crippen molar-refractivity contribution in [1.82, 2.24) is 9.88 Å². The van der Waals surface area contributed by atoms with Gasteiger partial charge in [0.15, 0.2) is 0 Å². The molecule has 1 saturated heterocycles. The first kappa shape index (κ1) is 15.6. The van der Waals surface area contributed by atoms with Gasteiger partial charge in [0, 0.05) is 11.6 Å². The molecule has 1 aromatic carbocycles. The molecule has 1 atom stereocenters. The van der Waals surface area contributed by atoms with E-state index in [4.69, 9.17) is 22.1 Å². The smallest absolute Gasteiger partial charge is 0.272 e. The number of ether oxygens (including phenoxy) is 1. The monoisotopic (exact) mass is 331 g/mol. The molecule has 0 bridgehead atoms. The van der Waals surface area contributed by atoms with E-state index in [1.54, 1.807) is 24.3 Å². The average Bonchev–Trinajstić information content (AvgIpc) is 3.03. The Morgan fingerprint density at radius 1 is 1.30 bits per heavy atom. The quantitative estimate of drug-likeness (QED) is 0.935. The summed E-state index contributed by atoms with van der Waals surface area (Å²) in [6, 6.07) is 10.6. The number of halogens is 1. The molecule has 1 fully saturated rings. The van der Waals surface area contributed by atoms with Gasteiger partial charge < -0.3 is 15.4 Å². The third-order valence-corrected chi connectivity index (χ3v) is 4.15. The zero-order chi connectivity index (χ0) is 16.2. The number of aromatic nitrogens is 1. The van der Waals surface area contributed by atoms with Crippen LogP contribution in [0.15, 0.2) is 42.6 Å². The number of nitrogen functional groups attached to an aromatic ring is 1. The zero-order valence-corrected chi connectivity index (χ0v) is 13.4. The molecule has 0 radical (unpaired) electrons. The minimum absolute atomic E-state index is 0.0533. The van der Waals surface area contributed by atoms with E-state index in [2.05, 4.69) is 4.98 Å². The Morgan fingerprint density at radius 2 is 2.09 bits per heavy atom. The number of hydrogen-bond donors (Lipinski definition) is 1. The van der Waals surface area contributed by atoms with Crippen LogP contribution in [-0.4, -0.2) is 35.0 Å². The lowest BCUT2D eigenvalue weighted by molar-refractivity contribution is 0.0686. The summed E-state index contributed by atoms with van der Waals surface area (Å²) in [5.74, 6) is 0.673. The summed E-state index contributed by atoms with van der Waals surface area (Å²) in [6.45, 7) is 1.18. The highest BCUT2D eigenvalue weighted by atomic mass is 35.5. The van der Waals surface area contributed by atoms with E-state index in [-0.39, 0.29) is 11.9 Å². The van der Waals surface area contributed by atoms with E-state index in [0.717, 1.165) is 25.1 Å². The number of hydrogen-bond acceptors (Lipinski definition) is 4. The highest BCUT2D eigenvalue weighted by molar-refractivity contribution is 6.30. The van der Waals surface area contributed by atoms with Gasteiger partial charge in [-0.15, -0.1) is 0 Å². The number of carbonyl (C=O) groups excluding carboxylic acids is 1. The molecule has 1 aliphatic rings. The first-order chi connectivity index (χ1) is 11.1. The van der Waals surface area contributed by atoms with Gasteiger partial charge in [-0.2, -0.15) is 0 Å². The number of pyridine rings is 1. The van der Waals surface area contributed by atoms with Crippen molar-refractivity contribution in [2.24, 2.45) is 0 Å². The van der Waals surface area contributed by atoms with Crippen molar-refractivity contribution in [2.45, 2.75) is 18.9 Å². The Hall–Kier alpha value is -2.27. The summed E-state index contributed by atoms with van der Waals surface area (Å²) >= 11 is 5.86. The van der Waals surface area contributed by atoms with Crippen molar-refractivity contribution in [3.63, 3.8) is 0 Å². The number of nitrogens with zero attached hydrogens (tertiary/aromatic N) is 2. The Morgan fingerprint density at radius 3 is 2.78 bits per heavy atom. The van der Waals surface area contributed by atoms with Crippen molar-refractivity contribution < 1.29 is 9.53 Å². The molecule has 2 aromatic rings. The maximum absolute atomic E-state index is 12.6. The van der Waals surface area contributed by atoms with Gasteiger partial charge in [-0.25, -0.2) is 4.98 Å². The highest BCUT2D eigenvalue weighted by Gasteiger charge is 2.30. The highest BCUT2D eigenvalue weighted by Crippen LogP contribution is 2.22. The van der Waals surface area contributed by atoms with E-state index >= 15 is 0 Å². The van der Waals surface area contributed by atoms with Gasteiger partial charge in [-0.05, 0) is 49.2 Å². The van der Waals surface area contributed by atoms with Crippen LogP contribution in [-0.2, 0) is 0 Å². The normalized spacial score (nSPS) is 17.3. The third kappa shape index (κ3) is 3.74. The first-order valence-corrected chi connectivity index (χ1v) is 7.92. The molecule has 6 heteroatoms. The van der Waals surface area contributed by atoms with Gasteiger partial charge in [0.05, 0.1) is 17.9 Å². The molecule has 23 heavy (non-hydrogen) atoms. The maximum atomic E-state index is 12.6. The van der Waals surface area contributed by atoms with Crippen LogP contribution in [0.4, 0.5) is 5.69 Å². The molecule has 0 aliphatic carbocycles. The zero-order valence-electron chi connectivity index (χ0n) is 12.6. The Kier molecular flexibility index (Phi) is 4.67. The number of rotatable bonds is 4. The Balaban J connectivity index is 1.64. The van der Waals surface area contributed by atoms with Gasteiger partial charge in [-0.1, -0.05) is 11.6 Å². The minimum Gasteiger partial charge on any atom is -0.491 e. The molecule has 1 amide bonds. The van der Waals surface area contributed by atoms with Crippen LogP contribution in [0.1, 0.15) is 23.3 Å². The standard InChI is InChI=1S/C17H18ClN3O2/c18-12-3-6-15(7-4-12)23-11-14-2-1-9-21(14)17(22)16-8-5-13(19)10-20-16/h3-8,10,14H,1-2,9,11,19H2/t14-/m0/s1. The third-order valence-electron chi connectivity index (χ3n) is 3.90. The molecular formula is C17H18ClN3O2. The van der Waals surface area contributed by atoms with Crippen molar-refractivity contribution in [3.8, 4) is 5.75 Å². The molecule has 0 unspecified atom stereocenters. The molecule has 0 saturated carbocycles. The predicted molar refractivity (Wildman–Crippen MR) is 89.7 cm³/mol. The predicted octanol–water partition coefficient (Wildman–Crippen LogP) is 3.00. The number of benzene rings is 1.